The van der Waals surface area contributed by atoms with Crippen LogP contribution in [0.15, 0.2) is 0 Å². The highest BCUT2D eigenvalue weighted by Crippen LogP contribution is 2.19. The summed E-state index contributed by atoms with van der Waals surface area (Å²) >= 11 is 0. The van der Waals surface area contributed by atoms with Gasteiger partial charge < -0.3 is 11.1 Å². The molecular weight excluding hydrogens is 190 g/mol. The predicted octanol–water partition coefficient (Wildman–Crippen LogP) is 2.04. The van der Waals surface area contributed by atoms with Crippen LogP contribution in [0.1, 0.15) is 46.6 Å². The molecule has 0 unspecified atom stereocenters. The van der Waals surface area contributed by atoms with E-state index in [9.17, 15) is 0 Å². The molecule has 0 radical (unpaired) electrons. The summed E-state index contributed by atoms with van der Waals surface area (Å²) in [6, 6.07) is 0.669. The fourth-order valence-corrected chi connectivity index (χ4v) is 1.56. The van der Waals surface area contributed by atoms with E-state index >= 15 is 0 Å². The van der Waals surface area contributed by atoms with Gasteiger partial charge >= 0.3 is 0 Å². The average molecular weight is 211 g/mol. The largest absolute Gasteiger partial charge is 0.368 e. The number of anilines is 2. The topological polar surface area (TPSA) is 68.8 Å². The van der Waals surface area contributed by atoms with Crippen LogP contribution in [0.5, 0.6) is 0 Å². The molecule has 1 aromatic heterocycles. The third kappa shape index (κ3) is 2.84. The van der Waals surface area contributed by atoms with E-state index in [4.69, 9.17) is 5.73 Å². The molecule has 0 bridgehead atoms. The summed E-state index contributed by atoms with van der Waals surface area (Å²) in [5.74, 6) is 1.11. The molecule has 0 saturated heterocycles. The van der Waals surface area contributed by atoms with Crippen molar-refractivity contribution < 1.29 is 0 Å². The molecule has 1 rings (SSSR count). The number of nitrogens with two attached hydrogens (primary N) is 1. The van der Waals surface area contributed by atoms with Gasteiger partial charge in [0.2, 0.25) is 11.9 Å². The van der Waals surface area contributed by atoms with Gasteiger partial charge in [-0.3, -0.25) is 0 Å². The van der Waals surface area contributed by atoms with Gasteiger partial charge in [0, 0.05) is 6.04 Å². The molecule has 1 aromatic rings. The second-order valence-electron chi connectivity index (χ2n) is 4.01. The quantitative estimate of drug-likeness (QED) is 0.782. The normalized spacial score (nSPS) is 11.3. The van der Waals surface area contributed by atoms with Gasteiger partial charge in [0.1, 0.15) is 0 Å². The summed E-state index contributed by atoms with van der Waals surface area (Å²) in [6.45, 7) is 8.36. The van der Waals surface area contributed by atoms with Crippen molar-refractivity contribution in [2.75, 3.05) is 11.1 Å². The summed E-state index contributed by atoms with van der Waals surface area (Å²) in [4.78, 5) is 4.19. The molecule has 0 atom stereocenters. The van der Waals surface area contributed by atoms with Gasteiger partial charge in [-0.05, 0) is 26.7 Å². The molecule has 15 heavy (non-hydrogen) atoms. The predicted molar refractivity (Wildman–Crippen MR) is 62.8 cm³/mol. The Bertz CT molecular complexity index is 301. The number of nitrogens with zero attached hydrogens (tertiary/aromatic N) is 3. The van der Waals surface area contributed by atoms with Gasteiger partial charge in [0.15, 0.2) is 0 Å². The first-order chi connectivity index (χ1) is 7.08. The van der Waals surface area contributed by atoms with Crippen LogP contribution in [0.25, 0.3) is 0 Å². The highest BCUT2D eigenvalue weighted by Gasteiger charge is 2.13. The van der Waals surface area contributed by atoms with Crippen molar-refractivity contribution in [3.8, 4) is 0 Å². The van der Waals surface area contributed by atoms with Crippen LogP contribution in [0.2, 0.25) is 0 Å². The maximum absolute atomic E-state index is 5.82. The molecule has 0 aliphatic carbocycles. The zero-order chi connectivity index (χ0) is 11.4. The lowest BCUT2D eigenvalue weighted by molar-refractivity contribution is 0.434. The molecule has 3 N–H and O–H groups in total. The standard InChI is InChI=1S/C10H21N5/c1-5-8(6-2)15-9(11)13-10(14-15)12-7(3)4/h7-8H,5-6H2,1-4H3,(H3,11,12,13,14). The number of nitrogen functional groups attached to an aromatic ring is 1. The lowest BCUT2D eigenvalue weighted by Crippen LogP contribution is -2.13. The Morgan fingerprint density at radius 1 is 1.33 bits per heavy atom. The summed E-state index contributed by atoms with van der Waals surface area (Å²) in [5.41, 5.74) is 5.82. The van der Waals surface area contributed by atoms with Crippen molar-refractivity contribution >= 4 is 11.9 Å². The Morgan fingerprint density at radius 2 is 1.93 bits per heavy atom. The molecule has 0 aromatic carbocycles. The molecule has 0 fully saturated rings. The Hall–Kier alpha value is -1.26. The fraction of sp³-hybridized carbons (Fsp3) is 0.800. The molecule has 86 valence electrons. The molecule has 0 aliphatic rings. The zero-order valence-corrected chi connectivity index (χ0v) is 9.99. The number of hydrogen-bond donors (Lipinski definition) is 2. The SMILES string of the molecule is CCC(CC)n1nc(NC(C)C)nc1N. The lowest BCUT2D eigenvalue weighted by Gasteiger charge is -2.13. The van der Waals surface area contributed by atoms with E-state index in [-0.39, 0.29) is 0 Å². The van der Waals surface area contributed by atoms with E-state index in [1.165, 1.54) is 0 Å². The minimum Gasteiger partial charge on any atom is -0.368 e. The van der Waals surface area contributed by atoms with E-state index in [2.05, 4.69) is 29.2 Å². The van der Waals surface area contributed by atoms with E-state index in [0.29, 0.717) is 24.0 Å². The Morgan fingerprint density at radius 3 is 2.40 bits per heavy atom. The van der Waals surface area contributed by atoms with Crippen LogP contribution in [-0.4, -0.2) is 20.8 Å². The second kappa shape index (κ2) is 5.00. The second-order valence-corrected chi connectivity index (χ2v) is 4.01. The first-order valence-electron chi connectivity index (χ1n) is 5.57. The zero-order valence-electron chi connectivity index (χ0n) is 9.99. The van der Waals surface area contributed by atoms with Crippen molar-refractivity contribution in [2.24, 2.45) is 0 Å². The Kier molecular flexibility index (Phi) is 3.94. The van der Waals surface area contributed by atoms with Crippen LogP contribution in [0.4, 0.5) is 11.9 Å². The van der Waals surface area contributed by atoms with Gasteiger partial charge in [-0.25, -0.2) is 4.68 Å². The third-order valence-corrected chi connectivity index (χ3v) is 2.36. The van der Waals surface area contributed by atoms with Crippen LogP contribution >= 0.6 is 0 Å². The Balaban J connectivity index is 2.85. The van der Waals surface area contributed by atoms with Crippen LogP contribution in [-0.2, 0) is 0 Å². The number of hydrogen-bond acceptors (Lipinski definition) is 4. The first-order valence-corrected chi connectivity index (χ1v) is 5.57. The van der Waals surface area contributed by atoms with Crippen LogP contribution in [0.3, 0.4) is 0 Å². The summed E-state index contributed by atoms with van der Waals surface area (Å²) in [6.07, 6.45) is 2.04. The van der Waals surface area contributed by atoms with Crippen molar-refractivity contribution in [2.45, 2.75) is 52.6 Å². The van der Waals surface area contributed by atoms with Crippen LogP contribution < -0.4 is 11.1 Å². The summed E-state index contributed by atoms with van der Waals surface area (Å²) < 4.78 is 1.81. The van der Waals surface area contributed by atoms with Gasteiger partial charge in [0.25, 0.3) is 0 Å². The minimum absolute atomic E-state index is 0.321. The summed E-state index contributed by atoms with van der Waals surface area (Å²) in [7, 11) is 0. The van der Waals surface area contributed by atoms with E-state index in [1.54, 1.807) is 0 Å². The van der Waals surface area contributed by atoms with Crippen LogP contribution in [0, 0.1) is 0 Å². The average Bonchev–Trinajstić information content (AvgIpc) is 2.48. The van der Waals surface area contributed by atoms with E-state index in [1.807, 2.05) is 18.5 Å². The van der Waals surface area contributed by atoms with Crippen molar-refractivity contribution in [1.82, 2.24) is 14.8 Å². The Labute approximate surface area is 91.1 Å². The third-order valence-electron chi connectivity index (χ3n) is 2.36. The maximum atomic E-state index is 5.82. The molecule has 0 aliphatic heterocycles. The monoisotopic (exact) mass is 211 g/mol. The van der Waals surface area contributed by atoms with Gasteiger partial charge in [-0.1, -0.05) is 13.8 Å². The van der Waals surface area contributed by atoms with E-state index in [0.717, 1.165) is 12.8 Å². The fourth-order valence-electron chi connectivity index (χ4n) is 1.56. The first kappa shape index (κ1) is 11.8. The lowest BCUT2D eigenvalue weighted by atomic mass is 10.2. The number of nitrogens with one attached hydrogen (secondary N) is 1. The highest BCUT2D eigenvalue weighted by molar-refractivity contribution is 5.32. The minimum atomic E-state index is 0.321. The van der Waals surface area contributed by atoms with E-state index < -0.39 is 0 Å². The molecular formula is C10H21N5. The molecule has 0 amide bonds. The molecule has 0 spiro atoms. The number of aromatic nitrogens is 3. The molecule has 5 heteroatoms. The molecule has 0 saturated carbocycles. The van der Waals surface area contributed by atoms with Crippen molar-refractivity contribution in [1.29, 1.82) is 0 Å². The number of rotatable bonds is 5. The highest BCUT2D eigenvalue weighted by atomic mass is 15.4. The van der Waals surface area contributed by atoms with Gasteiger partial charge in [-0.15, -0.1) is 5.10 Å². The van der Waals surface area contributed by atoms with Gasteiger partial charge in [-0.2, -0.15) is 4.98 Å². The van der Waals surface area contributed by atoms with Gasteiger partial charge in [0.05, 0.1) is 6.04 Å². The van der Waals surface area contributed by atoms with Crippen molar-refractivity contribution in [3.63, 3.8) is 0 Å². The smallest absolute Gasteiger partial charge is 0.244 e. The molecule has 1 heterocycles. The summed E-state index contributed by atoms with van der Waals surface area (Å²) in [5, 5.41) is 7.51. The maximum Gasteiger partial charge on any atom is 0.244 e. The molecule has 5 nitrogen and oxygen atoms in total. The van der Waals surface area contributed by atoms with Crippen molar-refractivity contribution in [3.05, 3.63) is 0 Å².